The SMILES string of the molecule is Cc1ccc(S(=O)(=O)NCCCCCC(=O)Nc2c(C)cc(C)cc2C)cc1. The minimum atomic E-state index is -3.46. The summed E-state index contributed by atoms with van der Waals surface area (Å²) in [5.74, 6) is -0.00436. The Bertz CT molecular complexity index is 896. The number of carbonyl (C=O) groups is 1. The van der Waals surface area contributed by atoms with E-state index in [4.69, 9.17) is 0 Å². The van der Waals surface area contributed by atoms with E-state index in [-0.39, 0.29) is 10.8 Å². The minimum Gasteiger partial charge on any atom is -0.326 e. The summed E-state index contributed by atoms with van der Waals surface area (Å²) in [5, 5.41) is 3.00. The molecule has 6 heteroatoms. The molecule has 0 radical (unpaired) electrons. The van der Waals surface area contributed by atoms with Crippen LogP contribution >= 0.6 is 0 Å². The van der Waals surface area contributed by atoms with Crippen LogP contribution in [0, 0.1) is 27.7 Å². The number of hydrogen-bond donors (Lipinski definition) is 2. The lowest BCUT2D eigenvalue weighted by Crippen LogP contribution is -2.24. The van der Waals surface area contributed by atoms with Gasteiger partial charge in [0, 0.05) is 18.7 Å². The van der Waals surface area contributed by atoms with E-state index in [1.807, 2.05) is 27.7 Å². The van der Waals surface area contributed by atoms with Crippen molar-refractivity contribution in [2.75, 3.05) is 11.9 Å². The number of amides is 1. The smallest absolute Gasteiger partial charge is 0.240 e. The van der Waals surface area contributed by atoms with E-state index in [1.165, 1.54) is 5.56 Å². The van der Waals surface area contributed by atoms with Crippen molar-refractivity contribution >= 4 is 21.6 Å². The summed E-state index contributed by atoms with van der Waals surface area (Å²) >= 11 is 0. The molecule has 0 aliphatic carbocycles. The zero-order chi connectivity index (χ0) is 20.7. The van der Waals surface area contributed by atoms with Gasteiger partial charge < -0.3 is 5.32 Å². The summed E-state index contributed by atoms with van der Waals surface area (Å²) in [6.45, 7) is 8.32. The van der Waals surface area contributed by atoms with E-state index < -0.39 is 10.0 Å². The van der Waals surface area contributed by atoms with Gasteiger partial charge in [-0.1, -0.05) is 41.8 Å². The topological polar surface area (TPSA) is 75.3 Å². The maximum Gasteiger partial charge on any atom is 0.240 e. The molecule has 1 amide bonds. The van der Waals surface area contributed by atoms with Crippen molar-refractivity contribution in [1.29, 1.82) is 0 Å². The standard InChI is InChI=1S/C22H30N2O3S/c1-16-9-11-20(12-10-16)28(26,27)23-13-7-5-6-8-21(25)24-22-18(3)14-17(2)15-19(22)4/h9-12,14-15,23H,5-8,13H2,1-4H3,(H,24,25). The summed E-state index contributed by atoms with van der Waals surface area (Å²) < 4.78 is 27.0. The highest BCUT2D eigenvalue weighted by atomic mass is 32.2. The van der Waals surface area contributed by atoms with Crippen LogP contribution in [-0.2, 0) is 14.8 Å². The lowest BCUT2D eigenvalue weighted by atomic mass is 10.0. The largest absolute Gasteiger partial charge is 0.326 e. The highest BCUT2D eigenvalue weighted by molar-refractivity contribution is 7.89. The van der Waals surface area contributed by atoms with Crippen LogP contribution in [0.1, 0.15) is 47.9 Å². The van der Waals surface area contributed by atoms with Crippen LogP contribution in [0.2, 0.25) is 0 Å². The Morgan fingerprint density at radius 2 is 1.46 bits per heavy atom. The van der Waals surface area contributed by atoms with E-state index >= 15 is 0 Å². The van der Waals surface area contributed by atoms with Crippen molar-refractivity contribution in [3.8, 4) is 0 Å². The highest BCUT2D eigenvalue weighted by Gasteiger charge is 2.12. The van der Waals surface area contributed by atoms with Crippen LogP contribution in [0.5, 0.6) is 0 Å². The molecule has 0 fully saturated rings. The molecule has 2 rings (SSSR count). The number of aryl methyl sites for hydroxylation is 4. The van der Waals surface area contributed by atoms with E-state index in [0.29, 0.717) is 19.4 Å². The maximum absolute atomic E-state index is 12.2. The van der Waals surface area contributed by atoms with Gasteiger partial charge in [-0.25, -0.2) is 13.1 Å². The van der Waals surface area contributed by atoms with Crippen molar-refractivity contribution in [2.24, 2.45) is 0 Å². The van der Waals surface area contributed by atoms with Gasteiger partial charge in [-0.2, -0.15) is 0 Å². The van der Waals surface area contributed by atoms with Crippen LogP contribution in [0.4, 0.5) is 5.69 Å². The number of hydrogen-bond acceptors (Lipinski definition) is 3. The van der Waals surface area contributed by atoms with E-state index in [2.05, 4.69) is 22.2 Å². The predicted octanol–water partition coefficient (Wildman–Crippen LogP) is 4.40. The van der Waals surface area contributed by atoms with Gasteiger partial charge in [0.25, 0.3) is 0 Å². The molecular formula is C22H30N2O3S. The van der Waals surface area contributed by atoms with Crippen LogP contribution in [0.15, 0.2) is 41.3 Å². The third kappa shape index (κ3) is 6.46. The molecule has 0 unspecified atom stereocenters. The van der Waals surface area contributed by atoms with Gasteiger partial charge in [-0.05, 0) is 63.8 Å². The molecule has 0 saturated heterocycles. The Labute approximate surface area is 168 Å². The van der Waals surface area contributed by atoms with Gasteiger partial charge in [0.2, 0.25) is 15.9 Å². The van der Waals surface area contributed by atoms with Gasteiger partial charge in [-0.3, -0.25) is 4.79 Å². The summed E-state index contributed by atoms with van der Waals surface area (Å²) in [7, 11) is -3.46. The molecule has 28 heavy (non-hydrogen) atoms. The van der Waals surface area contributed by atoms with Gasteiger partial charge in [-0.15, -0.1) is 0 Å². The predicted molar refractivity (Wildman–Crippen MR) is 114 cm³/mol. The quantitative estimate of drug-likeness (QED) is 0.611. The molecule has 0 aliphatic rings. The fraction of sp³-hybridized carbons (Fsp3) is 0.409. The van der Waals surface area contributed by atoms with Crippen molar-refractivity contribution < 1.29 is 13.2 Å². The summed E-state index contributed by atoms with van der Waals surface area (Å²) in [6.07, 6.45) is 2.64. The van der Waals surface area contributed by atoms with Crippen molar-refractivity contribution in [2.45, 2.75) is 58.3 Å². The lowest BCUT2D eigenvalue weighted by molar-refractivity contribution is -0.116. The monoisotopic (exact) mass is 402 g/mol. The molecule has 0 aliphatic heterocycles. The zero-order valence-electron chi connectivity index (χ0n) is 17.1. The molecule has 5 nitrogen and oxygen atoms in total. The second-order valence-corrected chi connectivity index (χ2v) is 9.11. The van der Waals surface area contributed by atoms with Crippen molar-refractivity contribution in [3.63, 3.8) is 0 Å². The minimum absolute atomic E-state index is 0.00436. The fourth-order valence-corrected chi connectivity index (χ4v) is 4.25. The molecule has 2 aromatic rings. The van der Waals surface area contributed by atoms with Gasteiger partial charge >= 0.3 is 0 Å². The third-order valence-electron chi connectivity index (χ3n) is 4.65. The van der Waals surface area contributed by atoms with Gasteiger partial charge in [0.1, 0.15) is 0 Å². The van der Waals surface area contributed by atoms with Crippen LogP contribution < -0.4 is 10.0 Å². The Hall–Kier alpha value is -2.18. The van der Waals surface area contributed by atoms with E-state index in [9.17, 15) is 13.2 Å². The fourth-order valence-electron chi connectivity index (χ4n) is 3.17. The Balaban J connectivity index is 1.70. The average molecular weight is 403 g/mol. The molecule has 152 valence electrons. The van der Waals surface area contributed by atoms with E-state index in [1.54, 1.807) is 24.3 Å². The number of nitrogens with one attached hydrogen (secondary N) is 2. The third-order valence-corrected chi connectivity index (χ3v) is 6.12. The highest BCUT2D eigenvalue weighted by Crippen LogP contribution is 2.22. The second kappa shape index (κ2) is 9.85. The number of sulfonamides is 1. The van der Waals surface area contributed by atoms with Crippen molar-refractivity contribution in [3.05, 3.63) is 58.7 Å². The Kier molecular flexibility index (Phi) is 7.78. The zero-order valence-corrected chi connectivity index (χ0v) is 17.9. The Morgan fingerprint density at radius 3 is 2.07 bits per heavy atom. The first-order chi connectivity index (χ1) is 13.2. The molecule has 0 spiro atoms. The number of benzene rings is 2. The number of rotatable bonds is 9. The molecular weight excluding hydrogens is 372 g/mol. The molecule has 2 N–H and O–H groups in total. The first kappa shape index (κ1) is 22.1. The normalized spacial score (nSPS) is 11.4. The number of unbranched alkanes of at least 4 members (excludes halogenated alkanes) is 2. The molecule has 0 heterocycles. The number of carbonyl (C=O) groups excluding carboxylic acids is 1. The second-order valence-electron chi connectivity index (χ2n) is 7.34. The first-order valence-corrected chi connectivity index (χ1v) is 11.1. The maximum atomic E-state index is 12.2. The molecule has 0 atom stereocenters. The summed E-state index contributed by atoms with van der Waals surface area (Å²) in [5.41, 5.74) is 5.23. The Morgan fingerprint density at radius 1 is 0.857 bits per heavy atom. The van der Waals surface area contributed by atoms with Gasteiger partial charge in [0.15, 0.2) is 0 Å². The van der Waals surface area contributed by atoms with Gasteiger partial charge in [0.05, 0.1) is 4.90 Å². The molecule has 0 bridgehead atoms. The van der Waals surface area contributed by atoms with E-state index in [0.717, 1.165) is 35.2 Å². The van der Waals surface area contributed by atoms with Crippen LogP contribution in [0.3, 0.4) is 0 Å². The van der Waals surface area contributed by atoms with Crippen LogP contribution in [0.25, 0.3) is 0 Å². The molecule has 2 aromatic carbocycles. The summed E-state index contributed by atoms with van der Waals surface area (Å²) in [4.78, 5) is 12.5. The van der Waals surface area contributed by atoms with Crippen LogP contribution in [-0.4, -0.2) is 20.9 Å². The van der Waals surface area contributed by atoms with Crippen molar-refractivity contribution in [1.82, 2.24) is 4.72 Å². The average Bonchev–Trinajstić information content (AvgIpc) is 2.61. The first-order valence-electron chi connectivity index (χ1n) is 9.63. The lowest BCUT2D eigenvalue weighted by Gasteiger charge is -2.13. The molecule has 0 aromatic heterocycles. The summed E-state index contributed by atoms with van der Waals surface area (Å²) in [6, 6.07) is 10.9. The molecule has 0 saturated carbocycles. The number of anilines is 1.